The molecule has 1 rings (SSSR count). The number of rotatable bonds is 6. The average Bonchev–Trinajstić information content (AvgIpc) is 2.42. The number of hydrogen-bond acceptors (Lipinski definition) is 3. The topological polar surface area (TPSA) is 35.5 Å². The predicted octanol–water partition coefficient (Wildman–Crippen LogP) is 4.26. The average molecular weight is 306 g/mol. The molecule has 0 unspecified atom stereocenters. The summed E-state index contributed by atoms with van der Waals surface area (Å²) in [5.74, 6) is -0.389. The monoisotopic (exact) mass is 306 g/mol. The van der Waals surface area contributed by atoms with Crippen LogP contribution in [0.4, 0.5) is 0 Å². The van der Waals surface area contributed by atoms with Crippen molar-refractivity contribution in [2.75, 3.05) is 13.2 Å². The molecule has 0 atom stereocenters. The van der Waals surface area contributed by atoms with Crippen molar-refractivity contribution in [3.8, 4) is 0 Å². The lowest BCUT2D eigenvalue weighted by Gasteiger charge is -2.36. The van der Waals surface area contributed by atoms with E-state index in [0.717, 1.165) is 5.56 Å². The Labute approximate surface area is 129 Å². The Morgan fingerprint density at radius 1 is 1.14 bits per heavy atom. The maximum atomic E-state index is 11.9. The minimum atomic E-state index is -1.78. The van der Waals surface area contributed by atoms with Gasteiger partial charge in [-0.05, 0) is 23.7 Å². The van der Waals surface area contributed by atoms with Gasteiger partial charge in [0.2, 0.25) is 0 Å². The standard InChI is InChI=1S/C17H26O3Si/c1-14(15-10-8-7-9-11-15)16(18)19-12-13-20-21(5,6)17(2,3)4/h7-11H,1,12-13H2,2-6H3. The molecule has 0 heterocycles. The number of hydrogen-bond donors (Lipinski definition) is 0. The van der Waals surface area contributed by atoms with Crippen LogP contribution in [0.1, 0.15) is 26.3 Å². The van der Waals surface area contributed by atoms with Gasteiger partial charge in [-0.3, -0.25) is 0 Å². The fourth-order valence-corrected chi connectivity index (χ4v) is 2.52. The van der Waals surface area contributed by atoms with E-state index in [1.54, 1.807) is 0 Å². The highest BCUT2D eigenvalue weighted by atomic mass is 28.4. The van der Waals surface area contributed by atoms with Crippen LogP contribution in [0.15, 0.2) is 36.9 Å². The molecule has 0 aliphatic heterocycles. The molecule has 0 saturated heterocycles. The van der Waals surface area contributed by atoms with Crippen LogP contribution in [-0.2, 0) is 14.0 Å². The fourth-order valence-electron chi connectivity index (χ4n) is 1.49. The molecular weight excluding hydrogens is 280 g/mol. The molecule has 1 aromatic rings. The van der Waals surface area contributed by atoms with Crippen molar-refractivity contribution in [1.29, 1.82) is 0 Å². The van der Waals surface area contributed by atoms with Crippen molar-refractivity contribution in [2.24, 2.45) is 0 Å². The van der Waals surface area contributed by atoms with E-state index in [2.05, 4.69) is 40.4 Å². The van der Waals surface area contributed by atoms with E-state index in [1.807, 2.05) is 30.3 Å². The SMILES string of the molecule is C=C(C(=O)OCCO[Si](C)(C)C(C)(C)C)c1ccccc1. The van der Waals surface area contributed by atoms with Crippen LogP contribution in [0.5, 0.6) is 0 Å². The fraction of sp³-hybridized carbons (Fsp3) is 0.471. The van der Waals surface area contributed by atoms with Gasteiger partial charge >= 0.3 is 5.97 Å². The molecule has 116 valence electrons. The first kappa shape index (κ1) is 17.7. The molecule has 3 nitrogen and oxygen atoms in total. The predicted molar refractivity (Wildman–Crippen MR) is 89.6 cm³/mol. The molecule has 0 N–H and O–H groups in total. The second-order valence-electron chi connectivity index (χ2n) is 6.59. The smallest absolute Gasteiger partial charge is 0.338 e. The zero-order chi connectivity index (χ0) is 16.1. The van der Waals surface area contributed by atoms with E-state index in [4.69, 9.17) is 9.16 Å². The van der Waals surface area contributed by atoms with Crippen molar-refractivity contribution in [1.82, 2.24) is 0 Å². The van der Waals surface area contributed by atoms with Gasteiger partial charge in [0.05, 0.1) is 12.2 Å². The van der Waals surface area contributed by atoms with Crippen LogP contribution in [-0.4, -0.2) is 27.5 Å². The summed E-state index contributed by atoms with van der Waals surface area (Å²) in [6.45, 7) is 15.4. The van der Waals surface area contributed by atoms with Crippen LogP contribution in [0.3, 0.4) is 0 Å². The highest BCUT2D eigenvalue weighted by Gasteiger charge is 2.36. The van der Waals surface area contributed by atoms with E-state index in [0.29, 0.717) is 12.2 Å². The molecule has 0 aliphatic rings. The lowest BCUT2D eigenvalue weighted by molar-refractivity contribution is -0.137. The Balaban J connectivity index is 2.40. The Morgan fingerprint density at radius 2 is 1.71 bits per heavy atom. The minimum Gasteiger partial charge on any atom is -0.460 e. The number of carbonyl (C=O) groups is 1. The van der Waals surface area contributed by atoms with Crippen molar-refractivity contribution < 1.29 is 14.0 Å². The molecule has 0 amide bonds. The van der Waals surface area contributed by atoms with Gasteiger partial charge < -0.3 is 9.16 Å². The molecule has 0 bridgehead atoms. The molecule has 21 heavy (non-hydrogen) atoms. The first-order chi connectivity index (χ1) is 9.65. The summed E-state index contributed by atoms with van der Waals surface area (Å²) >= 11 is 0. The molecule has 0 spiro atoms. The van der Waals surface area contributed by atoms with Crippen LogP contribution in [0.2, 0.25) is 18.1 Å². The molecule has 0 saturated carbocycles. The van der Waals surface area contributed by atoms with Crippen LogP contribution in [0, 0.1) is 0 Å². The van der Waals surface area contributed by atoms with E-state index in [1.165, 1.54) is 0 Å². The Kier molecular flexibility index (Phi) is 5.93. The third-order valence-electron chi connectivity index (χ3n) is 3.95. The van der Waals surface area contributed by atoms with Gasteiger partial charge in [0.25, 0.3) is 0 Å². The van der Waals surface area contributed by atoms with Crippen molar-refractivity contribution >= 4 is 19.9 Å². The summed E-state index contributed by atoms with van der Waals surface area (Å²) in [4.78, 5) is 11.9. The Hall–Kier alpha value is -1.39. The second kappa shape index (κ2) is 7.05. The minimum absolute atomic E-state index is 0.157. The first-order valence-corrected chi connectivity index (χ1v) is 10.1. The van der Waals surface area contributed by atoms with Gasteiger partial charge in [-0.15, -0.1) is 0 Å². The molecule has 1 aromatic carbocycles. The van der Waals surface area contributed by atoms with Crippen molar-refractivity contribution in [2.45, 2.75) is 38.9 Å². The van der Waals surface area contributed by atoms with Gasteiger partial charge in [-0.25, -0.2) is 4.79 Å². The summed E-state index contributed by atoms with van der Waals surface area (Å²) in [7, 11) is -1.78. The van der Waals surface area contributed by atoms with Gasteiger partial charge in [-0.2, -0.15) is 0 Å². The third-order valence-corrected chi connectivity index (χ3v) is 8.49. The van der Waals surface area contributed by atoms with Gasteiger partial charge in [0, 0.05) is 0 Å². The molecule has 0 aromatic heterocycles. The zero-order valence-corrected chi connectivity index (χ0v) is 14.7. The zero-order valence-electron chi connectivity index (χ0n) is 13.7. The summed E-state index contributed by atoms with van der Waals surface area (Å²) in [5.41, 5.74) is 1.16. The molecule has 0 fully saturated rings. The molecular formula is C17H26O3Si. The van der Waals surface area contributed by atoms with E-state index < -0.39 is 8.32 Å². The Bertz CT molecular complexity index is 487. The Morgan fingerprint density at radius 3 is 2.24 bits per heavy atom. The van der Waals surface area contributed by atoms with Gasteiger partial charge in [0.15, 0.2) is 8.32 Å². The maximum absolute atomic E-state index is 11.9. The van der Waals surface area contributed by atoms with Gasteiger partial charge in [0.1, 0.15) is 6.61 Å². The number of carbonyl (C=O) groups excluding carboxylic acids is 1. The third kappa shape index (κ3) is 5.14. The largest absolute Gasteiger partial charge is 0.460 e. The lowest BCUT2D eigenvalue weighted by atomic mass is 10.1. The normalized spacial score (nSPS) is 12.0. The van der Waals surface area contributed by atoms with E-state index in [-0.39, 0.29) is 17.6 Å². The summed E-state index contributed by atoms with van der Waals surface area (Å²) in [6, 6.07) is 9.32. The van der Waals surface area contributed by atoms with Crippen molar-refractivity contribution in [3.05, 3.63) is 42.5 Å². The number of benzene rings is 1. The molecule has 4 heteroatoms. The molecule has 0 radical (unpaired) electrons. The van der Waals surface area contributed by atoms with E-state index in [9.17, 15) is 4.79 Å². The highest BCUT2D eigenvalue weighted by molar-refractivity contribution is 6.74. The van der Waals surface area contributed by atoms with Gasteiger partial charge in [-0.1, -0.05) is 57.7 Å². The van der Waals surface area contributed by atoms with E-state index >= 15 is 0 Å². The number of ether oxygens (including phenoxy) is 1. The summed E-state index contributed by atoms with van der Waals surface area (Å²) in [6.07, 6.45) is 0. The van der Waals surface area contributed by atoms with Crippen LogP contribution in [0.25, 0.3) is 5.57 Å². The summed E-state index contributed by atoms with van der Waals surface area (Å²) < 4.78 is 11.2. The molecule has 0 aliphatic carbocycles. The lowest BCUT2D eigenvalue weighted by Crippen LogP contribution is -2.41. The quantitative estimate of drug-likeness (QED) is 0.341. The summed E-state index contributed by atoms with van der Waals surface area (Å²) in [5, 5.41) is 0.157. The van der Waals surface area contributed by atoms with Crippen LogP contribution < -0.4 is 0 Å². The number of esters is 1. The maximum Gasteiger partial charge on any atom is 0.338 e. The first-order valence-electron chi connectivity index (χ1n) is 7.20. The van der Waals surface area contributed by atoms with Crippen molar-refractivity contribution in [3.63, 3.8) is 0 Å². The van der Waals surface area contributed by atoms with Crippen LogP contribution >= 0.6 is 0 Å². The second-order valence-corrected chi connectivity index (χ2v) is 11.4. The highest BCUT2D eigenvalue weighted by Crippen LogP contribution is 2.36.